The molecule has 2 aliphatic rings. The number of ether oxygens (including phenoxy) is 2. The molecule has 2 aromatic rings. The number of amides is 2. The van der Waals surface area contributed by atoms with Gasteiger partial charge in [0.25, 0.3) is 0 Å². The second-order valence-electron chi connectivity index (χ2n) is 7.54. The van der Waals surface area contributed by atoms with E-state index in [1.165, 1.54) is 6.26 Å². The normalized spacial score (nSPS) is 19.6. The number of carbonyl (C=O) groups is 3. The molecule has 2 amide bonds. The molecule has 1 saturated carbocycles. The Hall–Kier alpha value is -3.55. The van der Waals surface area contributed by atoms with Crippen LogP contribution in [0.4, 0.5) is 4.79 Å². The van der Waals surface area contributed by atoms with Crippen molar-refractivity contribution in [1.82, 2.24) is 10.6 Å². The van der Waals surface area contributed by atoms with Gasteiger partial charge in [0.2, 0.25) is 0 Å². The maximum atomic E-state index is 13.1. The summed E-state index contributed by atoms with van der Waals surface area (Å²) in [5.74, 6) is -0.617. The highest BCUT2D eigenvalue weighted by atomic mass is 16.5. The van der Waals surface area contributed by atoms with Crippen molar-refractivity contribution in [3.63, 3.8) is 0 Å². The fraction of sp³-hybridized carbons (Fsp3) is 0.348. The van der Waals surface area contributed by atoms with Gasteiger partial charge in [-0.05, 0) is 37.5 Å². The van der Waals surface area contributed by atoms with Crippen LogP contribution in [0.2, 0.25) is 0 Å². The highest BCUT2D eigenvalue weighted by Gasteiger charge is 2.47. The monoisotopic (exact) mass is 424 g/mol. The van der Waals surface area contributed by atoms with Crippen LogP contribution in [0, 0.1) is 0 Å². The van der Waals surface area contributed by atoms with Crippen LogP contribution in [0.1, 0.15) is 43.6 Å². The highest BCUT2D eigenvalue weighted by molar-refractivity contribution is 5.95. The molecule has 8 heteroatoms. The van der Waals surface area contributed by atoms with E-state index in [1.54, 1.807) is 19.1 Å². The quantitative estimate of drug-likeness (QED) is 0.662. The summed E-state index contributed by atoms with van der Waals surface area (Å²) < 4.78 is 16.2. The van der Waals surface area contributed by atoms with Gasteiger partial charge in [0.05, 0.1) is 29.6 Å². The summed E-state index contributed by atoms with van der Waals surface area (Å²) in [6.45, 7) is 1.59. The Labute approximate surface area is 179 Å². The molecule has 2 heterocycles. The van der Waals surface area contributed by atoms with Crippen LogP contribution in [0.5, 0.6) is 0 Å². The van der Waals surface area contributed by atoms with Crippen LogP contribution >= 0.6 is 0 Å². The number of hydrogen-bond acceptors (Lipinski definition) is 6. The number of hydrogen-bond donors (Lipinski definition) is 2. The van der Waals surface area contributed by atoms with Gasteiger partial charge < -0.3 is 24.5 Å². The molecule has 1 aliphatic heterocycles. The zero-order valence-electron chi connectivity index (χ0n) is 17.2. The molecule has 162 valence electrons. The molecular weight excluding hydrogens is 400 g/mol. The molecule has 31 heavy (non-hydrogen) atoms. The molecule has 1 aliphatic carbocycles. The fourth-order valence-corrected chi connectivity index (χ4v) is 4.02. The molecule has 1 unspecified atom stereocenters. The van der Waals surface area contributed by atoms with Crippen molar-refractivity contribution in [2.45, 2.75) is 37.6 Å². The third kappa shape index (κ3) is 3.93. The van der Waals surface area contributed by atoms with Gasteiger partial charge in [-0.1, -0.05) is 36.8 Å². The number of nitrogens with one attached hydrogen (secondary N) is 2. The second-order valence-corrected chi connectivity index (χ2v) is 7.54. The maximum Gasteiger partial charge on any atom is 0.338 e. The molecule has 1 fully saturated rings. The average molecular weight is 424 g/mol. The van der Waals surface area contributed by atoms with E-state index in [4.69, 9.17) is 13.9 Å². The van der Waals surface area contributed by atoms with Crippen molar-refractivity contribution in [2.75, 3.05) is 13.2 Å². The third-order valence-electron chi connectivity index (χ3n) is 5.75. The van der Waals surface area contributed by atoms with Gasteiger partial charge in [0.15, 0.2) is 0 Å². The van der Waals surface area contributed by atoms with Gasteiger partial charge in [0, 0.05) is 0 Å². The first-order valence-electron chi connectivity index (χ1n) is 10.3. The van der Waals surface area contributed by atoms with Crippen LogP contribution in [-0.4, -0.2) is 31.2 Å². The molecule has 4 rings (SSSR count). The second kappa shape index (κ2) is 8.67. The molecule has 1 aromatic heterocycles. The van der Waals surface area contributed by atoms with Crippen LogP contribution < -0.4 is 10.6 Å². The lowest BCUT2D eigenvalue weighted by molar-refractivity contribution is -0.153. The van der Waals surface area contributed by atoms with Crippen molar-refractivity contribution in [2.24, 2.45) is 0 Å². The fourth-order valence-electron chi connectivity index (χ4n) is 4.02. The first kappa shape index (κ1) is 20.7. The van der Waals surface area contributed by atoms with Crippen molar-refractivity contribution < 1.29 is 28.3 Å². The smallest absolute Gasteiger partial charge is 0.338 e. The molecular formula is C23H24N2O6. The number of urea groups is 1. The summed E-state index contributed by atoms with van der Waals surface area (Å²) in [6, 6.07) is 11.5. The molecule has 0 radical (unpaired) electrons. The predicted octanol–water partition coefficient (Wildman–Crippen LogP) is 3.12. The number of benzene rings is 1. The number of rotatable bonds is 7. The topological polar surface area (TPSA) is 107 Å². The predicted molar refractivity (Wildman–Crippen MR) is 110 cm³/mol. The summed E-state index contributed by atoms with van der Waals surface area (Å²) >= 11 is 0. The van der Waals surface area contributed by atoms with Crippen LogP contribution in [0.15, 0.2) is 64.4 Å². The Morgan fingerprint density at radius 2 is 1.90 bits per heavy atom. The third-order valence-corrected chi connectivity index (χ3v) is 5.75. The zero-order chi connectivity index (χ0) is 21.8. The number of furan rings is 1. The minimum Gasteiger partial charge on any atom is -0.467 e. The van der Waals surface area contributed by atoms with E-state index in [0.29, 0.717) is 18.6 Å². The lowest BCUT2D eigenvalue weighted by atomic mass is 9.64. The van der Waals surface area contributed by atoms with Gasteiger partial charge in [-0.3, -0.25) is 4.79 Å². The summed E-state index contributed by atoms with van der Waals surface area (Å²) in [7, 11) is 0. The lowest BCUT2D eigenvalue weighted by Gasteiger charge is -2.40. The summed E-state index contributed by atoms with van der Waals surface area (Å²) in [4.78, 5) is 38.0. The maximum absolute atomic E-state index is 13.1. The minimum absolute atomic E-state index is 0.145. The Kier molecular flexibility index (Phi) is 5.79. The lowest BCUT2D eigenvalue weighted by Crippen LogP contribution is -2.48. The largest absolute Gasteiger partial charge is 0.467 e. The first-order chi connectivity index (χ1) is 15.0. The van der Waals surface area contributed by atoms with Crippen LogP contribution in [0.25, 0.3) is 0 Å². The Morgan fingerprint density at radius 3 is 2.52 bits per heavy atom. The van der Waals surface area contributed by atoms with Gasteiger partial charge in [-0.25, -0.2) is 9.59 Å². The van der Waals surface area contributed by atoms with E-state index in [1.807, 2.05) is 30.3 Å². The Balaban J connectivity index is 1.61. The van der Waals surface area contributed by atoms with Crippen molar-refractivity contribution in [3.05, 3.63) is 71.3 Å². The van der Waals surface area contributed by atoms with Gasteiger partial charge in [-0.2, -0.15) is 0 Å². The molecule has 0 bridgehead atoms. The minimum atomic E-state index is -0.844. The number of esters is 2. The Bertz CT molecular complexity index is 992. The van der Waals surface area contributed by atoms with Crippen molar-refractivity contribution in [1.29, 1.82) is 0 Å². The average Bonchev–Trinajstić information content (AvgIpc) is 3.27. The van der Waals surface area contributed by atoms with Gasteiger partial charge in [0.1, 0.15) is 18.4 Å². The molecule has 0 spiro atoms. The first-order valence-corrected chi connectivity index (χ1v) is 10.3. The van der Waals surface area contributed by atoms with E-state index in [9.17, 15) is 14.4 Å². The van der Waals surface area contributed by atoms with E-state index in [0.717, 1.165) is 12.0 Å². The van der Waals surface area contributed by atoms with E-state index in [2.05, 4.69) is 10.6 Å². The van der Waals surface area contributed by atoms with Crippen LogP contribution in [-0.2, 0) is 24.5 Å². The summed E-state index contributed by atoms with van der Waals surface area (Å²) in [6.07, 6.45) is 3.78. The van der Waals surface area contributed by atoms with E-state index >= 15 is 0 Å². The molecule has 0 saturated heterocycles. The van der Waals surface area contributed by atoms with E-state index < -0.39 is 23.5 Å². The zero-order valence-corrected chi connectivity index (χ0v) is 17.2. The summed E-state index contributed by atoms with van der Waals surface area (Å²) in [5, 5.41) is 5.25. The van der Waals surface area contributed by atoms with Gasteiger partial charge >= 0.3 is 18.0 Å². The van der Waals surface area contributed by atoms with E-state index in [-0.39, 0.29) is 30.5 Å². The van der Waals surface area contributed by atoms with Crippen LogP contribution in [0.3, 0.4) is 0 Å². The van der Waals surface area contributed by atoms with Crippen molar-refractivity contribution in [3.8, 4) is 0 Å². The van der Waals surface area contributed by atoms with Gasteiger partial charge in [-0.15, -0.1) is 0 Å². The Morgan fingerprint density at radius 1 is 1.13 bits per heavy atom. The molecule has 8 nitrogen and oxygen atoms in total. The molecule has 2 N–H and O–H groups in total. The molecule has 1 atom stereocenters. The SMILES string of the molecule is CCOC(=O)C1=C(COC(=O)C2(c3ccccc3)CCC2)NC(=O)NC1c1ccco1. The highest BCUT2D eigenvalue weighted by Crippen LogP contribution is 2.44. The van der Waals surface area contributed by atoms with Crippen molar-refractivity contribution >= 4 is 18.0 Å². The standard InChI is InChI=1S/C23H24N2O6/c1-2-29-20(26)18-16(24-22(28)25-19(18)17-10-6-13-30-17)14-31-21(27)23(11-7-12-23)15-8-4-3-5-9-15/h3-6,8-10,13,19H,2,7,11-12,14H2,1H3,(H2,24,25,28). The number of carbonyl (C=O) groups excluding carboxylic acids is 3. The molecule has 1 aromatic carbocycles. The summed E-state index contributed by atoms with van der Waals surface area (Å²) in [5.41, 5.74) is 0.545.